The van der Waals surface area contributed by atoms with Crippen molar-refractivity contribution in [2.75, 3.05) is 0 Å². The normalized spacial score (nSPS) is 25.1. The van der Waals surface area contributed by atoms with Crippen LogP contribution in [-0.4, -0.2) is 30.7 Å². The Morgan fingerprint density at radius 2 is 1.93 bits per heavy atom. The first kappa shape index (κ1) is 17.5. The van der Waals surface area contributed by atoms with Crippen LogP contribution in [0.15, 0.2) is 21.7 Å². The van der Waals surface area contributed by atoms with E-state index in [1.807, 2.05) is 6.92 Å². The highest BCUT2D eigenvalue weighted by atomic mass is 19.3. The van der Waals surface area contributed by atoms with Crippen molar-refractivity contribution in [3.63, 3.8) is 0 Å². The maximum atomic E-state index is 13.5. The van der Waals surface area contributed by atoms with E-state index in [-0.39, 0.29) is 36.3 Å². The minimum Gasteiger partial charge on any atom is -0.448 e. The van der Waals surface area contributed by atoms with Crippen LogP contribution in [0.5, 0.6) is 0 Å². The lowest BCUT2D eigenvalue weighted by Crippen LogP contribution is -2.28. The molecule has 0 unspecified atom stereocenters. The SMILES string of the molecule is Cc1coc([C@H]2CC[C@@H]2c2nc3c(cnn3C3CCC(F)(F)CC3)c(=O)[nH]2)n1. The summed E-state index contributed by atoms with van der Waals surface area (Å²) in [5, 5.41) is 4.70. The molecule has 5 rings (SSSR count). The van der Waals surface area contributed by atoms with Gasteiger partial charge in [0.1, 0.15) is 17.5 Å². The molecule has 0 radical (unpaired) electrons. The number of hydrogen-bond donors (Lipinski definition) is 1. The number of aryl methyl sites for hydroxylation is 1. The third kappa shape index (κ3) is 2.84. The molecule has 2 aliphatic rings. The Bertz CT molecular complexity index is 1080. The van der Waals surface area contributed by atoms with Gasteiger partial charge in [-0.2, -0.15) is 5.10 Å². The van der Waals surface area contributed by atoms with Crippen LogP contribution in [0.1, 0.15) is 73.8 Å². The van der Waals surface area contributed by atoms with E-state index < -0.39 is 5.92 Å². The van der Waals surface area contributed by atoms with Crippen LogP contribution in [0.3, 0.4) is 0 Å². The molecule has 9 heteroatoms. The quantitative estimate of drug-likeness (QED) is 0.735. The summed E-state index contributed by atoms with van der Waals surface area (Å²) < 4.78 is 34.2. The van der Waals surface area contributed by atoms with Crippen LogP contribution in [0.25, 0.3) is 11.0 Å². The van der Waals surface area contributed by atoms with Crippen LogP contribution in [0.4, 0.5) is 8.78 Å². The minimum atomic E-state index is -2.61. The van der Waals surface area contributed by atoms with Crippen molar-refractivity contribution in [1.29, 1.82) is 0 Å². The maximum absolute atomic E-state index is 13.5. The van der Waals surface area contributed by atoms with E-state index in [0.29, 0.717) is 35.6 Å². The van der Waals surface area contributed by atoms with E-state index in [1.165, 1.54) is 6.20 Å². The summed E-state index contributed by atoms with van der Waals surface area (Å²) >= 11 is 0. The molecule has 3 heterocycles. The molecule has 1 N–H and O–H groups in total. The highest BCUT2D eigenvalue weighted by molar-refractivity contribution is 5.73. The van der Waals surface area contributed by atoms with Gasteiger partial charge >= 0.3 is 0 Å². The fraction of sp³-hybridized carbons (Fsp3) is 0.579. The molecule has 2 atom stereocenters. The van der Waals surface area contributed by atoms with Crippen LogP contribution < -0.4 is 5.56 Å². The third-order valence-corrected chi connectivity index (χ3v) is 6.09. The summed E-state index contributed by atoms with van der Waals surface area (Å²) in [6.07, 6.45) is 5.23. The number of nitrogens with one attached hydrogen (secondary N) is 1. The van der Waals surface area contributed by atoms with Crippen LogP contribution >= 0.6 is 0 Å². The van der Waals surface area contributed by atoms with Gasteiger partial charge in [0.15, 0.2) is 11.5 Å². The van der Waals surface area contributed by atoms with E-state index >= 15 is 0 Å². The second-order valence-corrected chi connectivity index (χ2v) is 7.98. The summed E-state index contributed by atoms with van der Waals surface area (Å²) in [6, 6.07) is -0.161. The molecule has 0 saturated heterocycles. The molecule has 0 aliphatic heterocycles. The number of hydrogen-bond acceptors (Lipinski definition) is 5. The van der Waals surface area contributed by atoms with Crippen molar-refractivity contribution >= 4 is 11.0 Å². The number of aromatic amines is 1. The third-order valence-electron chi connectivity index (χ3n) is 6.09. The monoisotopic (exact) mass is 389 g/mol. The Balaban J connectivity index is 1.49. The molecule has 3 aromatic rings. The average Bonchev–Trinajstić information content (AvgIpc) is 3.21. The molecular weight excluding hydrogens is 368 g/mol. The van der Waals surface area contributed by atoms with Gasteiger partial charge in [-0.1, -0.05) is 0 Å². The fourth-order valence-corrected chi connectivity index (χ4v) is 4.33. The van der Waals surface area contributed by atoms with Gasteiger partial charge in [0.05, 0.1) is 17.9 Å². The summed E-state index contributed by atoms with van der Waals surface area (Å²) in [4.78, 5) is 24.6. The minimum absolute atomic E-state index is 0.0224. The Morgan fingerprint density at radius 3 is 2.57 bits per heavy atom. The summed E-state index contributed by atoms with van der Waals surface area (Å²) in [5.74, 6) is -1.25. The molecular formula is C19H21F2N5O2. The first-order valence-electron chi connectivity index (χ1n) is 9.68. The maximum Gasteiger partial charge on any atom is 0.262 e. The van der Waals surface area contributed by atoms with Gasteiger partial charge in [-0.3, -0.25) is 4.79 Å². The van der Waals surface area contributed by atoms with E-state index in [0.717, 1.165) is 18.5 Å². The Morgan fingerprint density at radius 1 is 1.18 bits per heavy atom. The predicted molar refractivity (Wildman–Crippen MR) is 96.6 cm³/mol. The van der Waals surface area contributed by atoms with Crippen LogP contribution in [0, 0.1) is 6.92 Å². The van der Waals surface area contributed by atoms with Crippen molar-refractivity contribution in [3.05, 3.63) is 40.2 Å². The first-order valence-corrected chi connectivity index (χ1v) is 9.68. The highest BCUT2D eigenvalue weighted by Crippen LogP contribution is 2.47. The van der Waals surface area contributed by atoms with Gasteiger partial charge in [0, 0.05) is 24.7 Å². The van der Waals surface area contributed by atoms with E-state index in [9.17, 15) is 13.6 Å². The highest BCUT2D eigenvalue weighted by Gasteiger charge is 2.39. The summed E-state index contributed by atoms with van der Waals surface area (Å²) in [7, 11) is 0. The van der Waals surface area contributed by atoms with Gasteiger partial charge in [-0.15, -0.1) is 0 Å². The lowest BCUT2D eigenvalue weighted by Gasteiger charge is -2.33. The van der Waals surface area contributed by atoms with Gasteiger partial charge < -0.3 is 9.40 Å². The molecule has 3 aromatic heterocycles. The largest absolute Gasteiger partial charge is 0.448 e. The Kier molecular flexibility index (Phi) is 3.89. The zero-order valence-electron chi connectivity index (χ0n) is 15.5. The molecule has 2 saturated carbocycles. The van der Waals surface area contributed by atoms with Crippen molar-refractivity contribution in [1.82, 2.24) is 24.7 Å². The Hall–Kier alpha value is -2.58. The Labute approximate surface area is 159 Å². The molecule has 0 bridgehead atoms. The number of alkyl halides is 2. The lowest BCUT2D eigenvalue weighted by atomic mass is 9.73. The van der Waals surface area contributed by atoms with Crippen molar-refractivity contribution in [2.24, 2.45) is 0 Å². The van der Waals surface area contributed by atoms with Crippen molar-refractivity contribution in [2.45, 2.75) is 69.2 Å². The molecule has 2 fully saturated rings. The summed E-state index contributed by atoms with van der Waals surface area (Å²) in [5.41, 5.74) is 1.05. The van der Waals surface area contributed by atoms with E-state index in [1.54, 1.807) is 10.9 Å². The van der Waals surface area contributed by atoms with E-state index in [2.05, 4.69) is 15.1 Å². The standard InChI is InChI=1S/C19H21F2N5O2/c1-10-9-28-18(23-10)13-3-2-12(13)15-24-16-14(17(27)25-15)8-22-26(16)11-4-6-19(20,21)7-5-11/h8-9,11-13H,2-7H2,1H3,(H,24,25,27)/t12-,13-/m0/s1. The van der Waals surface area contributed by atoms with Gasteiger partial charge in [-0.05, 0) is 32.6 Å². The zero-order chi connectivity index (χ0) is 19.5. The zero-order valence-corrected chi connectivity index (χ0v) is 15.5. The molecule has 0 amide bonds. The van der Waals surface area contributed by atoms with Crippen LogP contribution in [0.2, 0.25) is 0 Å². The average molecular weight is 389 g/mol. The molecule has 28 heavy (non-hydrogen) atoms. The number of oxazole rings is 1. The van der Waals surface area contributed by atoms with Crippen molar-refractivity contribution < 1.29 is 13.2 Å². The van der Waals surface area contributed by atoms with Crippen LogP contribution in [-0.2, 0) is 0 Å². The number of aromatic nitrogens is 5. The molecule has 148 valence electrons. The topological polar surface area (TPSA) is 89.6 Å². The van der Waals surface area contributed by atoms with Gasteiger partial charge in [0.25, 0.3) is 5.56 Å². The lowest BCUT2D eigenvalue weighted by molar-refractivity contribution is -0.0446. The van der Waals surface area contributed by atoms with E-state index in [4.69, 9.17) is 9.40 Å². The smallest absolute Gasteiger partial charge is 0.262 e. The first-order chi connectivity index (χ1) is 13.4. The second-order valence-electron chi connectivity index (χ2n) is 7.98. The number of nitrogens with zero attached hydrogens (tertiary/aromatic N) is 4. The molecule has 2 aliphatic carbocycles. The number of rotatable bonds is 3. The molecule has 0 spiro atoms. The number of halogens is 2. The number of fused-ring (bicyclic) bond motifs is 1. The van der Waals surface area contributed by atoms with Crippen molar-refractivity contribution in [3.8, 4) is 0 Å². The predicted octanol–water partition coefficient (Wildman–Crippen LogP) is 3.83. The fourth-order valence-electron chi connectivity index (χ4n) is 4.33. The number of H-pyrrole nitrogens is 1. The van der Waals surface area contributed by atoms with Gasteiger partial charge in [0.2, 0.25) is 5.92 Å². The molecule has 0 aromatic carbocycles. The second kappa shape index (κ2) is 6.22. The summed E-state index contributed by atoms with van der Waals surface area (Å²) in [6.45, 7) is 1.87. The van der Waals surface area contributed by atoms with Gasteiger partial charge in [-0.25, -0.2) is 23.4 Å². The molecule has 7 nitrogen and oxygen atoms in total.